The average molecular weight is 339 g/mol. The van der Waals surface area contributed by atoms with Crippen LogP contribution in [0.3, 0.4) is 0 Å². The Balaban J connectivity index is 2.64. The second-order valence-corrected chi connectivity index (χ2v) is 10.6. The molecular formula is C10H11O7S3-. The van der Waals surface area contributed by atoms with Crippen LogP contribution in [0.15, 0.2) is 35.2 Å². The predicted molar refractivity (Wildman–Crippen MR) is 69.3 cm³/mol. The van der Waals surface area contributed by atoms with Crippen molar-refractivity contribution in [1.29, 1.82) is 0 Å². The lowest BCUT2D eigenvalue weighted by atomic mass is 10.4. The fraction of sp³-hybridized carbons (Fsp3) is 0.400. The Kier molecular flexibility index (Phi) is 3.70. The molecule has 0 aromatic heterocycles. The molecule has 2 rings (SSSR count). The Morgan fingerprint density at radius 3 is 2.10 bits per heavy atom. The molecule has 2 atom stereocenters. The highest BCUT2D eigenvalue weighted by atomic mass is 32.3. The first-order valence-corrected chi connectivity index (χ1v) is 10.3. The number of rotatable bonds is 3. The van der Waals surface area contributed by atoms with Gasteiger partial charge in [0.1, 0.15) is 0 Å². The highest BCUT2D eigenvalue weighted by Gasteiger charge is 2.52. The van der Waals surface area contributed by atoms with Crippen molar-refractivity contribution in [2.75, 3.05) is 5.75 Å². The van der Waals surface area contributed by atoms with Crippen LogP contribution in [0.4, 0.5) is 0 Å². The van der Waals surface area contributed by atoms with Crippen LogP contribution in [0, 0.1) is 0 Å². The maximum atomic E-state index is 12.3. The average Bonchev–Trinajstić information content (AvgIpc) is 2.66. The second kappa shape index (κ2) is 4.79. The van der Waals surface area contributed by atoms with Gasteiger partial charge >= 0.3 is 0 Å². The van der Waals surface area contributed by atoms with Gasteiger partial charge in [-0.25, -0.2) is 25.3 Å². The van der Waals surface area contributed by atoms with Crippen LogP contribution >= 0.6 is 0 Å². The SMILES string of the molecule is O=S(=O)([O-])C1CCS(=O)(=O)C1S(=O)(=O)c1ccccc1. The quantitative estimate of drug-likeness (QED) is 0.681. The van der Waals surface area contributed by atoms with Crippen LogP contribution < -0.4 is 0 Å². The molecule has 1 aromatic rings. The predicted octanol–water partition coefficient (Wildman–Crippen LogP) is -0.481. The van der Waals surface area contributed by atoms with Gasteiger partial charge in [0, 0.05) is 0 Å². The molecule has 0 radical (unpaired) electrons. The van der Waals surface area contributed by atoms with Crippen molar-refractivity contribution < 1.29 is 29.8 Å². The van der Waals surface area contributed by atoms with Crippen LogP contribution in [0.5, 0.6) is 0 Å². The first-order chi connectivity index (χ1) is 9.07. The topological polar surface area (TPSA) is 125 Å². The summed E-state index contributed by atoms with van der Waals surface area (Å²) in [7, 11) is -13.7. The van der Waals surface area contributed by atoms with Gasteiger partial charge in [-0.3, -0.25) is 0 Å². The molecule has 1 heterocycles. The van der Waals surface area contributed by atoms with Gasteiger partial charge in [0.05, 0.1) is 26.0 Å². The summed E-state index contributed by atoms with van der Waals surface area (Å²) in [5.74, 6) is -0.629. The van der Waals surface area contributed by atoms with Gasteiger partial charge in [-0.05, 0) is 18.6 Å². The minimum Gasteiger partial charge on any atom is -0.748 e. The Morgan fingerprint density at radius 1 is 1.05 bits per heavy atom. The van der Waals surface area contributed by atoms with E-state index in [1.807, 2.05) is 0 Å². The molecule has 0 amide bonds. The molecule has 0 N–H and O–H groups in total. The largest absolute Gasteiger partial charge is 0.748 e. The number of sulfone groups is 2. The van der Waals surface area contributed by atoms with E-state index in [2.05, 4.69) is 0 Å². The Labute approximate surface area is 117 Å². The Hall–Kier alpha value is -0.970. The van der Waals surface area contributed by atoms with Gasteiger partial charge in [0.25, 0.3) is 0 Å². The van der Waals surface area contributed by atoms with E-state index in [1.54, 1.807) is 0 Å². The lowest BCUT2D eigenvalue weighted by Crippen LogP contribution is -2.39. The van der Waals surface area contributed by atoms with E-state index in [-0.39, 0.29) is 4.90 Å². The maximum Gasteiger partial charge on any atom is 0.196 e. The van der Waals surface area contributed by atoms with Crippen molar-refractivity contribution in [3.63, 3.8) is 0 Å². The van der Waals surface area contributed by atoms with Gasteiger partial charge in [-0.1, -0.05) is 18.2 Å². The van der Waals surface area contributed by atoms with Gasteiger partial charge < -0.3 is 4.55 Å². The summed E-state index contributed by atoms with van der Waals surface area (Å²) in [6.45, 7) is 0. The summed E-state index contributed by atoms with van der Waals surface area (Å²) in [5, 5.41) is -1.96. The first-order valence-electron chi connectivity index (χ1n) is 5.52. The molecule has 1 aliphatic rings. The maximum absolute atomic E-state index is 12.3. The molecular weight excluding hydrogens is 328 g/mol. The zero-order valence-corrected chi connectivity index (χ0v) is 12.5. The fourth-order valence-corrected chi connectivity index (χ4v) is 9.69. The summed E-state index contributed by atoms with van der Waals surface area (Å²) in [6, 6.07) is 6.63. The fourth-order valence-electron chi connectivity index (χ4n) is 2.18. The van der Waals surface area contributed by atoms with Crippen molar-refractivity contribution in [2.45, 2.75) is 21.1 Å². The van der Waals surface area contributed by atoms with Gasteiger partial charge in [0.15, 0.2) is 24.3 Å². The van der Waals surface area contributed by atoms with Crippen LogP contribution in [0.1, 0.15) is 6.42 Å². The van der Waals surface area contributed by atoms with Crippen molar-refractivity contribution in [3.8, 4) is 0 Å². The Bertz CT molecular complexity index is 807. The van der Waals surface area contributed by atoms with Crippen LogP contribution in [0.2, 0.25) is 0 Å². The van der Waals surface area contributed by atoms with Crippen LogP contribution in [-0.4, -0.2) is 45.4 Å². The van der Waals surface area contributed by atoms with Crippen molar-refractivity contribution in [3.05, 3.63) is 30.3 Å². The van der Waals surface area contributed by atoms with Crippen molar-refractivity contribution in [1.82, 2.24) is 0 Å². The summed E-state index contributed by atoms with van der Waals surface area (Å²) in [4.78, 5) is -0.316. The molecule has 0 aliphatic carbocycles. The third-order valence-electron chi connectivity index (χ3n) is 3.09. The standard InChI is InChI=1S/C10H12O7S3/c11-18(12)7-6-9(20(15,16)17)10(18)19(13,14)8-4-2-1-3-5-8/h1-5,9-10H,6-7H2,(H,15,16,17)/p-1. The van der Waals surface area contributed by atoms with E-state index >= 15 is 0 Å². The van der Waals surface area contributed by atoms with E-state index in [0.29, 0.717) is 0 Å². The molecule has 112 valence electrons. The first kappa shape index (κ1) is 15.4. The molecule has 1 aliphatic heterocycles. The highest BCUT2D eigenvalue weighted by Crippen LogP contribution is 2.33. The summed E-state index contributed by atoms with van der Waals surface area (Å²) >= 11 is 0. The van der Waals surface area contributed by atoms with Crippen LogP contribution in [0.25, 0.3) is 0 Å². The van der Waals surface area contributed by atoms with Gasteiger partial charge in [0.2, 0.25) is 0 Å². The monoisotopic (exact) mass is 339 g/mol. The van der Waals surface area contributed by atoms with E-state index in [9.17, 15) is 29.8 Å². The third kappa shape index (κ3) is 2.60. The molecule has 7 nitrogen and oxygen atoms in total. The van der Waals surface area contributed by atoms with E-state index in [4.69, 9.17) is 0 Å². The summed E-state index contributed by atoms with van der Waals surface area (Å²) in [5.41, 5.74) is 0. The molecule has 1 saturated heterocycles. The molecule has 20 heavy (non-hydrogen) atoms. The molecule has 10 heteroatoms. The number of hydrogen-bond donors (Lipinski definition) is 0. The van der Waals surface area contributed by atoms with Gasteiger partial charge in [-0.2, -0.15) is 0 Å². The minimum atomic E-state index is -5.02. The lowest BCUT2D eigenvalue weighted by Gasteiger charge is -2.21. The van der Waals surface area contributed by atoms with E-state index in [0.717, 1.165) is 12.1 Å². The molecule has 2 unspecified atom stereocenters. The highest BCUT2D eigenvalue weighted by molar-refractivity contribution is 8.10. The lowest BCUT2D eigenvalue weighted by molar-refractivity contribution is 0.448. The van der Waals surface area contributed by atoms with Crippen LogP contribution in [-0.2, 0) is 29.8 Å². The van der Waals surface area contributed by atoms with E-state index in [1.165, 1.54) is 18.2 Å². The van der Waals surface area contributed by atoms with Crippen molar-refractivity contribution in [2.24, 2.45) is 0 Å². The molecule has 0 bridgehead atoms. The second-order valence-electron chi connectivity index (χ2n) is 4.41. The summed E-state index contributed by atoms with van der Waals surface area (Å²) in [6.07, 6.45) is -0.495. The molecule has 0 saturated carbocycles. The molecule has 1 fully saturated rings. The zero-order valence-electron chi connectivity index (χ0n) is 10.0. The van der Waals surface area contributed by atoms with E-state index < -0.39 is 51.8 Å². The van der Waals surface area contributed by atoms with Gasteiger partial charge in [-0.15, -0.1) is 0 Å². The van der Waals surface area contributed by atoms with Crippen molar-refractivity contribution >= 4 is 29.8 Å². The number of hydrogen-bond acceptors (Lipinski definition) is 7. The summed E-state index contributed by atoms with van der Waals surface area (Å²) < 4.78 is 79.5. The molecule has 0 spiro atoms. The smallest absolute Gasteiger partial charge is 0.196 e. The normalized spacial score (nSPS) is 26.4. The third-order valence-corrected chi connectivity index (χ3v) is 10.0. The number of benzene rings is 1. The minimum absolute atomic E-state index is 0.316. The molecule has 1 aromatic carbocycles. The Morgan fingerprint density at radius 2 is 1.60 bits per heavy atom. The zero-order chi connectivity index (χ0) is 15.2.